The topological polar surface area (TPSA) is 85.3 Å². The molecule has 1 amide bonds. The molecule has 2 aromatic carbocycles. The fraction of sp³-hybridized carbons (Fsp3) is 0.385. The van der Waals surface area contributed by atoms with Gasteiger partial charge in [-0.1, -0.05) is 19.1 Å². The van der Waals surface area contributed by atoms with Crippen LogP contribution in [0.5, 0.6) is 11.5 Å². The third-order valence-corrected chi connectivity index (χ3v) is 5.39. The van der Waals surface area contributed by atoms with Crippen LogP contribution in [0.25, 0.3) is 5.76 Å². The van der Waals surface area contributed by atoms with E-state index in [1.54, 1.807) is 31.4 Å². The molecule has 1 aliphatic rings. The van der Waals surface area contributed by atoms with Crippen molar-refractivity contribution in [1.82, 2.24) is 4.90 Å². The maximum absolute atomic E-state index is 13.0. The molecule has 7 nitrogen and oxygen atoms in total. The number of ether oxygens (including phenoxy) is 3. The maximum atomic E-state index is 13.0. The first-order chi connectivity index (χ1) is 16.0. The minimum atomic E-state index is -0.700. The SMILES string of the molecule is CCCOc1ccc(C2/C(=C(/O)c3ccc(OCC)cc3)C(=O)C(=O)N2CCCOC)cc1. The summed E-state index contributed by atoms with van der Waals surface area (Å²) in [5.74, 6) is -0.163. The van der Waals surface area contributed by atoms with Gasteiger partial charge in [0.1, 0.15) is 17.3 Å². The number of benzene rings is 2. The molecule has 0 aromatic heterocycles. The summed E-state index contributed by atoms with van der Waals surface area (Å²) in [6.45, 7) is 5.83. The summed E-state index contributed by atoms with van der Waals surface area (Å²) in [6, 6.07) is 13.4. The Morgan fingerprint density at radius 3 is 2.18 bits per heavy atom. The van der Waals surface area contributed by atoms with Crippen molar-refractivity contribution in [3.63, 3.8) is 0 Å². The summed E-state index contributed by atoms with van der Waals surface area (Å²) in [5.41, 5.74) is 1.24. The van der Waals surface area contributed by atoms with Crippen molar-refractivity contribution in [3.05, 3.63) is 65.2 Å². The zero-order chi connectivity index (χ0) is 23.8. The number of likely N-dealkylation sites (tertiary alicyclic amines) is 1. The van der Waals surface area contributed by atoms with Crippen LogP contribution in [0.1, 0.15) is 43.9 Å². The summed E-state index contributed by atoms with van der Waals surface area (Å²) in [4.78, 5) is 27.5. The van der Waals surface area contributed by atoms with E-state index in [2.05, 4.69) is 0 Å². The van der Waals surface area contributed by atoms with Crippen LogP contribution < -0.4 is 9.47 Å². The lowest BCUT2D eigenvalue weighted by Gasteiger charge is -2.25. The predicted molar refractivity (Wildman–Crippen MR) is 125 cm³/mol. The molecule has 0 bridgehead atoms. The number of amides is 1. The Bertz CT molecular complexity index is 981. The number of hydrogen-bond donors (Lipinski definition) is 1. The average molecular weight is 454 g/mol. The van der Waals surface area contributed by atoms with Crippen molar-refractivity contribution in [3.8, 4) is 11.5 Å². The second-order valence-corrected chi connectivity index (χ2v) is 7.71. The van der Waals surface area contributed by atoms with Crippen LogP contribution in [0.4, 0.5) is 0 Å². The molecular formula is C26H31NO6. The first-order valence-corrected chi connectivity index (χ1v) is 11.2. The highest BCUT2D eigenvalue weighted by Gasteiger charge is 2.45. The average Bonchev–Trinajstić information content (AvgIpc) is 3.08. The van der Waals surface area contributed by atoms with Crippen LogP contribution in [0.15, 0.2) is 54.1 Å². The van der Waals surface area contributed by atoms with E-state index in [-0.39, 0.29) is 11.3 Å². The molecule has 7 heteroatoms. The Kier molecular flexibility index (Phi) is 8.49. The van der Waals surface area contributed by atoms with Gasteiger partial charge >= 0.3 is 0 Å². The highest BCUT2D eigenvalue weighted by atomic mass is 16.5. The molecule has 1 heterocycles. The minimum Gasteiger partial charge on any atom is -0.507 e. The molecule has 1 aliphatic heterocycles. The fourth-order valence-electron chi connectivity index (χ4n) is 3.83. The molecule has 1 N–H and O–H groups in total. The van der Waals surface area contributed by atoms with Gasteiger partial charge in [-0.05, 0) is 61.7 Å². The molecule has 0 saturated carbocycles. The van der Waals surface area contributed by atoms with Crippen LogP contribution in [0.2, 0.25) is 0 Å². The van der Waals surface area contributed by atoms with Gasteiger partial charge in [0.2, 0.25) is 0 Å². The van der Waals surface area contributed by atoms with Crippen molar-refractivity contribution < 1.29 is 28.9 Å². The molecule has 1 saturated heterocycles. The van der Waals surface area contributed by atoms with Crippen molar-refractivity contribution in [2.24, 2.45) is 0 Å². The van der Waals surface area contributed by atoms with Gasteiger partial charge in [0.05, 0.1) is 24.8 Å². The quantitative estimate of drug-likeness (QED) is 0.236. The number of Topliss-reactive ketones (excluding diaryl/α,β-unsaturated/α-hetero) is 1. The standard InChI is InChI=1S/C26H31NO6/c1-4-16-33-21-11-7-18(8-12-21)23-22(25(29)26(30)27(23)15-6-17-31-3)24(28)19-9-13-20(14-10-19)32-5-2/h7-14,23,28H,4-6,15-17H2,1-3H3/b24-22-. The maximum Gasteiger partial charge on any atom is 0.295 e. The van der Waals surface area contributed by atoms with Crippen LogP contribution in [0, 0.1) is 0 Å². The fourth-order valence-corrected chi connectivity index (χ4v) is 3.83. The molecule has 1 fully saturated rings. The second-order valence-electron chi connectivity index (χ2n) is 7.71. The van der Waals surface area contributed by atoms with Crippen molar-refractivity contribution in [2.75, 3.05) is 33.5 Å². The van der Waals surface area contributed by atoms with E-state index >= 15 is 0 Å². The van der Waals surface area contributed by atoms with Crippen molar-refractivity contribution >= 4 is 17.4 Å². The third-order valence-electron chi connectivity index (χ3n) is 5.39. The number of aliphatic hydroxyl groups excluding tert-OH is 1. The second kappa shape index (κ2) is 11.5. The molecule has 176 valence electrons. The molecule has 0 spiro atoms. The van der Waals surface area contributed by atoms with Crippen LogP contribution in [-0.4, -0.2) is 55.2 Å². The van der Waals surface area contributed by atoms with E-state index in [1.807, 2.05) is 38.1 Å². The highest BCUT2D eigenvalue weighted by molar-refractivity contribution is 6.46. The largest absolute Gasteiger partial charge is 0.507 e. The Morgan fingerprint density at radius 1 is 0.939 bits per heavy atom. The van der Waals surface area contributed by atoms with Gasteiger partial charge in [-0.2, -0.15) is 0 Å². The molecular weight excluding hydrogens is 422 g/mol. The summed E-state index contributed by atoms with van der Waals surface area (Å²) >= 11 is 0. The van der Waals surface area contributed by atoms with Crippen LogP contribution in [-0.2, 0) is 14.3 Å². The number of hydrogen-bond acceptors (Lipinski definition) is 6. The van der Waals surface area contributed by atoms with E-state index in [1.165, 1.54) is 4.90 Å². The molecule has 1 unspecified atom stereocenters. The van der Waals surface area contributed by atoms with Gasteiger partial charge in [0.25, 0.3) is 11.7 Å². The number of nitrogens with zero attached hydrogens (tertiary/aromatic N) is 1. The first-order valence-electron chi connectivity index (χ1n) is 11.2. The van der Waals surface area contributed by atoms with Gasteiger partial charge < -0.3 is 24.2 Å². The molecule has 33 heavy (non-hydrogen) atoms. The van der Waals surface area contributed by atoms with Crippen molar-refractivity contribution in [1.29, 1.82) is 0 Å². The Labute approximate surface area is 194 Å². The normalized spacial score (nSPS) is 17.4. The zero-order valence-electron chi connectivity index (χ0n) is 19.4. The van der Waals surface area contributed by atoms with Gasteiger partial charge in [0, 0.05) is 25.8 Å². The number of aliphatic hydroxyl groups is 1. The van der Waals surface area contributed by atoms with Gasteiger partial charge in [0.15, 0.2) is 0 Å². The lowest BCUT2D eigenvalue weighted by molar-refractivity contribution is -0.140. The predicted octanol–water partition coefficient (Wildman–Crippen LogP) is 4.33. The Balaban J connectivity index is 2.02. The summed E-state index contributed by atoms with van der Waals surface area (Å²) in [5, 5.41) is 11.1. The first kappa shape index (κ1) is 24.3. The number of ketones is 1. The number of carbonyl (C=O) groups excluding carboxylic acids is 2. The smallest absolute Gasteiger partial charge is 0.295 e. The monoisotopic (exact) mass is 453 g/mol. The van der Waals surface area contributed by atoms with Crippen molar-refractivity contribution in [2.45, 2.75) is 32.7 Å². The summed E-state index contributed by atoms with van der Waals surface area (Å²) in [6.07, 6.45) is 1.46. The molecule has 0 aliphatic carbocycles. The van der Waals surface area contributed by atoms with E-state index < -0.39 is 17.7 Å². The highest BCUT2D eigenvalue weighted by Crippen LogP contribution is 2.40. The van der Waals surface area contributed by atoms with Gasteiger partial charge in [-0.25, -0.2) is 0 Å². The summed E-state index contributed by atoms with van der Waals surface area (Å²) < 4.78 is 16.2. The lowest BCUT2D eigenvalue weighted by Crippen LogP contribution is -2.31. The van der Waals surface area contributed by atoms with E-state index in [0.29, 0.717) is 49.8 Å². The lowest BCUT2D eigenvalue weighted by atomic mass is 9.95. The van der Waals surface area contributed by atoms with Gasteiger partial charge in [-0.15, -0.1) is 0 Å². The summed E-state index contributed by atoms with van der Waals surface area (Å²) in [7, 11) is 1.59. The molecule has 3 rings (SSSR count). The number of rotatable bonds is 11. The van der Waals surface area contributed by atoms with Gasteiger partial charge in [-0.3, -0.25) is 9.59 Å². The number of methoxy groups -OCH3 is 1. The van der Waals surface area contributed by atoms with E-state index in [4.69, 9.17) is 14.2 Å². The molecule has 0 radical (unpaired) electrons. The Hall–Kier alpha value is -3.32. The van der Waals surface area contributed by atoms with E-state index in [9.17, 15) is 14.7 Å². The molecule has 2 aromatic rings. The third kappa shape index (κ3) is 5.54. The van der Waals surface area contributed by atoms with Crippen LogP contribution in [0.3, 0.4) is 0 Å². The number of carbonyl (C=O) groups is 2. The van der Waals surface area contributed by atoms with Crippen LogP contribution >= 0.6 is 0 Å². The van der Waals surface area contributed by atoms with E-state index in [0.717, 1.165) is 12.0 Å². The zero-order valence-corrected chi connectivity index (χ0v) is 19.4. The molecule has 1 atom stereocenters. The minimum absolute atomic E-state index is 0.0730. The Morgan fingerprint density at radius 2 is 1.58 bits per heavy atom.